The number of rotatable bonds is 8. The van der Waals surface area contributed by atoms with Gasteiger partial charge in [-0.2, -0.15) is 0 Å². The number of nitrogens with zero attached hydrogens (tertiary/aromatic N) is 2. The Bertz CT molecular complexity index is 1340. The smallest absolute Gasteiger partial charge is 0.170 e. The highest BCUT2D eigenvalue weighted by atomic mass is 35.5. The minimum absolute atomic E-state index is 0.00610. The van der Waals surface area contributed by atoms with Crippen LogP contribution in [0.4, 0.5) is 15.8 Å². The lowest BCUT2D eigenvalue weighted by atomic mass is 9.99. The molecule has 1 aliphatic rings. The number of pyridine rings is 1. The van der Waals surface area contributed by atoms with E-state index in [9.17, 15) is 9.50 Å². The summed E-state index contributed by atoms with van der Waals surface area (Å²) in [4.78, 5) is 6.90. The SMILES string of the molecule is CN(C)CCc1ccc(Nc2c(CC3CC3)cnc3ccc(-c4cc(F)c(O)c(Cl)c4)cc23)cc1. The molecule has 4 aromatic rings. The predicted octanol–water partition coefficient (Wildman–Crippen LogP) is 7.20. The highest BCUT2D eigenvalue weighted by Gasteiger charge is 2.24. The Morgan fingerprint density at radius 1 is 1.06 bits per heavy atom. The van der Waals surface area contributed by atoms with Crippen LogP contribution in [0.25, 0.3) is 22.0 Å². The molecule has 5 rings (SSSR count). The van der Waals surface area contributed by atoms with Gasteiger partial charge in [-0.1, -0.05) is 29.8 Å². The number of benzene rings is 3. The number of aromatic nitrogens is 1. The maximum atomic E-state index is 14.2. The van der Waals surface area contributed by atoms with Crippen molar-refractivity contribution in [3.05, 3.63) is 82.8 Å². The first-order valence-corrected chi connectivity index (χ1v) is 12.4. The third-order valence-corrected chi connectivity index (χ3v) is 6.86. The molecule has 0 spiro atoms. The summed E-state index contributed by atoms with van der Waals surface area (Å²) in [6.45, 7) is 1.01. The van der Waals surface area contributed by atoms with E-state index in [0.29, 0.717) is 11.5 Å². The number of fused-ring (bicyclic) bond motifs is 1. The van der Waals surface area contributed by atoms with Crippen molar-refractivity contribution in [2.24, 2.45) is 5.92 Å². The Balaban J connectivity index is 1.54. The van der Waals surface area contributed by atoms with Crippen LogP contribution in [0.3, 0.4) is 0 Å². The van der Waals surface area contributed by atoms with E-state index in [1.54, 1.807) is 6.07 Å². The summed E-state index contributed by atoms with van der Waals surface area (Å²) in [5.41, 5.74) is 6.83. The van der Waals surface area contributed by atoms with Crippen LogP contribution < -0.4 is 5.32 Å². The van der Waals surface area contributed by atoms with Crippen molar-refractivity contribution < 1.29 is 9.50 Å². The average molecular weight is 490 g/mol. The molecule has 35 heavy (non-hydrogen) atoms. The molecular formula is C29H29ClFN3O. The molecule has 1 fully saturated rings. The van der Waals surface area contributed by atoms with E-state index in [1.165, 1.54) is 30.0 Å². The molecule has 2 N–H and O–H groups in total. The zero-order valence-corrected chi connectivity index (χ0v) is 20.7. The van der Waals surface area contributed by atoms with Gasteiger partial charge in [-0.3, -0.25) is 4.98 Å². The van der Waals surface area contributed by atoms with Crippen LogP contribution in [-0.2, 0) is 12.8 Å². The van der Waals surface area contributed by atoms with Crippen LogP contribution in [0.15, 0.2) is 60.8 Å². The van der Waals surface area contributed by atoms with Crippen molar-refractivity contribution in [1.29, 1.82) is 0 Å². The third-order valence-electron chi connectivity index (χ3n) is 6.57. The summed E-state index contributed by atoms with van der Waals surface area (Å²) >= 11 is 6.05. The molecule has 1 heterocycles. The van der Waals surface area contributed by atoms with Gasteiger partial charge >= 0.3 is 0 Å². The van der Waals surface area contributed by atoms with Crippen LogP contribution in [0, 0.1) is 11.7 Å². The van der Waals surface area contributed by atoms with Gasteiger partial charge in [-0.05, 0) is 104 Å². The number of hydrogen-bond acceptors (Lipinski definition) is 4. The molecule has 0 bridgehead atoms. The second-order valence-electron chi connectivity index (χ2n) is 9.70. The van der Waals surface area contributed by atoms with Crippen LogP contribution in [0.1, 0.15) is 24.0 Å². The zero-order chi connectivity index (χ0) is 24.5. The molecule has 1 saturated carbocycles. The Hall–Kier alpha value is -3.15. The molecule has 0 unspecified atom stereocenters. The monoisotopic (exact) mass is 489 g/mol. The highest BCUT2D eigenvalue weighted by Crippen LogP contribution is 2.39. The first kappa shape index (κ1) is 23.6. The van der Waals surface area contributed by atoms with E-state index in [-0.39, 0.29) is 5.02 Å². The number of hydrogen-bond donors (Lipinski definition) is 2. The summed E-state index contributed by atoms with van der Waals surface area (Å²) in [6.07, 6.45) is 6.47. The molecule has 180 valence electrons. The van der Waals surface area contributed by atoms with Crippen LogP contribution in [-0.4, -0.2) is 35.6 Å². The lowest BCUT2D eigenvalue weighted by Crippen LogP contribution is -2.14. The van der Waals surface area contributed by atoms with Gasteiger partial charge in [0.2, 0.25) is 0 Å². The van der Waals surface area contributed by atoms with Crippen LogP contribution in [0.5, 0.6) is 5.75 Å². The molecule has 1 aromatic heterocycles. The zero-order valence-electron chi connectivity index (χ0n) is 20.0. The standard InChI is InChI=1S/C29H29ClFN3O/c1-34(2)12-11-18-5-8-23(9-6-18)33-28-22(13-19-3-4-19)17-32-27-10-7-20(14-24(27)28)21-15-25(30)29(35)26(31)16-21/h5-10,14-17,19,35H,3-4,11-13H2,1-2H3,(H,32,33). The van der Waals surface area contributed by atoms with Crippen molar-refractivity contribution in [2.75, 3.05) is 26.0 Å². The fraction of sp³-hybridized carbons (Fsp3) is 0.276. The molecule has 1 aliphatic carbocycles. The molecular weight excluding hydrogens is 461 g/mol. The summed E-state index contributed by atoms with van der Waals surface area (Å²) in [5.74, 6) is -0.557. The van der Waals surface area contributed by atoms with Crippen LogP contribution in [0.2, 0.25) is 5.02 Å². The van der Waals surface area contributed by atoms with E-state index in [2.05, 4.69) is 48.6 Å². The number of phenolic OH excluding ortho intramolecular Hbond substituents is 1. The van der Waals surface area contributed by atoms with Gasteiger partial charge in [0.25, 0.3) is 0 Å². The van der Waals surface area contributed by atoms with Gasteiger partial charge in [0.05, 0.1) is 16.2 Å². The molecule has 0 atom stereocenters. The number of anilines is 2. The maximum Gasteiger partial charge on any atom is 0.170 e. The van der Waals surface area contributed by atoms with Gasteiger partial charge in [0.15, 0.2) is 11.6 Å². The van der Waals surface area contributed by atoms with Gasteiger partial charge < -0.3 is 15.3 Å². The second-order valence-corrected chi connectivity index (χ2v) is 10.1. The second kappa shape index (κ2) is 9.84. The van der Waals surface area contributed by atoms with Crippen molar-refractivity contribution in [3.8, 4) is 16.9 Å². The topological polar surface area (TPSA) is 48.4 Å². The molecule has 0 amide bonds. The Morgan fingerprint density at radius 2 is 1.83 bits per heavy atom. The molecule has 0 aliphatic heterocycles. The van der Waals surface area contributed by atoms with E-state index in [4.69, 9.17) is 16.6 Å². The predicted molar refractivity (Wildman–Crippen MR) is 142 cm³/mol. The summed E-state index contributed by atoms with van der Waals surface area (Å²) < 4.78 is 14.2. The van der Waals surface area contributed by atoms with E-state index < -0.39 is 11.6 Å². The van der Waals surface area contributed by atoms with Crippen LogP contribution >= 0.6 is 11.6 Å². The van der Waals surface area contributed by atoms with Crippen molar-refractivity contribution >= 4 is 33.9 Å². The Labute approximate surface area is 210 Å². The third kappa shape index (κ3) is 5.42. The molecule has 0 saturated heterocycles. The van der Waals surface area contributed by atoms with Gasteiger partial charge in [-0.25, -0.2) is 4.39 Å². The fourth-order valence-corrected chi connectivity index (χ4v) is 4.54. The number of phenols is 1. The van der Waals surface area contributed by atoms with Crippen molar-refractivity contribution in [3.63, 3.8) is 0 Å². The van der Waals surface area contributed by atoms with E-state index in [1.807, 2.05) is 24.4 Å². The molecule has 3 aromatic carbocycles. The van der Waals surface area contributed by atoms with Gasteiger partial charge in [-0.15, -0.1) is 0 Å². The minimum Gasteiger partial charge on any atom is -0.504 e. The first-order chi connectivity index (χ1) is 16.9. The lowest BCUT2D eigenvalue weighted by Gasteiger charge is -2.16. The number of nitrogens with one attached hydrogen (secondary N) is 1. The van der Waals surface area contributed by atoms with E-state index in [0.717, 1.165) is 47.2 Å². The Morgan fingerprint density at radius 3 is 2.51 bits per heavy atom. The van der Waals surface area contributed by atoms with Gasteiger partial charge in [0.1, 0.15) is 0 Å². The minimum atomic E-state index is -0.735. The Kier molecular flexibility index (Phi) is 6.63. The van der Waals surface area contributed by atoms with Gasteiger partial charge in [0, 0.05) is 23.8 Å². The maximum absolute atomic E-state index is 14.2. The van der Waals surface area contributed by atoms with Crippen molar-refractivity contribution in [1.82, 2.24) is 9.88 Å². The van der Waals surface area contributed by atoms with E-state index >= 15 is 0 Å². The fourth-order valence-electron chi connectivity index (χ4n) is 4.33. The number of likely N-dealkylation sites (N-methyl/N-ethyl adjacent to an activating group) is 1. The normalized spacial score (nSPS) is 13.5. The number of aromatic hydroxyl groups is 1. The first-order valence-electron chi connectivity index (χ1n) is 12.0. The summed E-state index contributed by atoms with van der Waals surface area (Å²) in [5, 5.41) is 14.4. The highest BCUT2D eigenvalue weighted by molar-refractivity contribution is 6.32. The summed E-state index contributed by atoms with van der Waals surface area (Å²) in [7, 11) is 4.17. The molecule has 4 nitrogen and oxygen atoms in total. The number of halogens is 2. The largest absolute Gasteiger partial charge is 0.504 e. The lowest BCUT2D eigenvalue weighted by molar-refractivity contribution is 0.413. The van der Waals surface area contributed by atoms with Crippen molar-refractivity contribution in [2.45, 2.75) is 25.7 Å². The summed E-state index contributed by atoms with van der Waals surface area (Å²) in [6, 6.07) is 17.3. The average Bonchev–Trinajstić information content (AvgIpc) is 3.67. The molecule has 6 heteroatoms. The molecule has 0 radical (unpaired) electrons. The quantitative estimate of drug-likeness (QED) is 0.275.